The number of anilines is 2. The van der Waals surface area contributed by atoms with Gasteiger partial charge in [0.2, 0.25) is 0 Å². The number of sulfonamides is 1. The molecule has 0 aliphatic carbocycles. The average molecular weight is 520 g/mol. The molecular formula is C23H16Cl2FN3O4S. The van der Waals surface area contributed by atoms with Crippen molar-refractivity contribution in [3.05, 3.63) is 93.9 Å². The minimum absolute atomic E-state index is 0.00585. The van der Waals surface area contributed by atoms with E-state index in [1.54, 1.807) is 18.2 Å². The van der Waals surface area contributed by atoms with E-state index in [4.69, 9.17) is 27.7 Å². The van der Waals surface area contributed by atoms with Crippen LogP contribution in [0.3, 0.4) is 0 Å². The number of aryl methyl sites for hydroxylation is 1. The summed E-state index contributed by atoms with van der Waals surface area (Å²) in [6.45, 7) is 1.51. The average Bonchev–Trinajstić information content (AvgIpc) is 3.15. The van der Waals surface area contributed by atoms with Gasteiger partial charge >= 0.3 is 0 Å². The minimum Gasteiger partial charge on any atom is -0.360 e. The largest absolute Gasteiger partial charge is 0.360 e. The standard InChI is InChI=1S/C23H16Cl2FN3O4S/c1-13-20(22(28-33-13)21-18(25)6-3-7-19(21)26)23(30)27-15-8-10-17(11-9-15)34(31,32)29-16-5-2-4-14(24)12-16/h2-12,29H,1H3,(H,27,30). The van der Waals surface area contributed by atoms with E-state index in [0.29, 0.717) is 16.4 Å². The number of nitrogens with one attached hydrogen (secondary N) is 2. The number of amides is 1. The lowest BCUT2D eigenvalue weighted by Crippen LogP contribution is -2.15. The second-order valence-electron chi connectivity index (χ2n) is 7.15. The molecule has 0 bridgehead atoms. The van der Waals surface area contributed by atoms with Crippen LogP contribution in [-0.4, -0.2) is 19.5 Å². The Labute approximate surface area is 204 Å². The Morgan fingerprint density at radius 1 is 1.00 bits per heavy atom. The smallest absolute Gasteiger partial charge is 0.261 e. The number of nitrogens with zero attached hydrogens (tertiary/aromatic N) is 1. The minimum atomic E-state index is -3.88. The summed E-state index contributed by atoms with van der Waals surface area (Å²) in [6, 6.07) is 15.9. The van der Waals surface area contributed by atoms with Gasteiger partial charge in [-0.2, -0.15) is 0 Å². The first kappa shape index (κ1) is 23.7. The van der Waals surface area contributed by atoms with Crippen LogP contribution in [0, 0.1) is 12.7 Å². The van der Waals surface area contributed by atoms with Gasteiger partial charge in [0, 0.05) is 10.7 Å². The van der Waals surface area contributed by atoms with E-state index in [2.05, 4.69) is 15.2 Å². The fourth-order valence-electron chi connectivity index (χ4n) is 3.21. The van der Waals surface area contributed by atoms with Gasteiger partial charge in [0.05, 0.1) is 21.2 Å². The number of halogens is 3. The molecule has 2 N–H and O–H groups in total. The highest BCUT2D eigenvalue weighted by Gasteiger charge is 2.25. The Hall–Kier alpha value is -3.40. The van der Waals surface area contributed by atoms with E-state index in [-0.39, 0.29) is 32.5 Å². The summed E-state index contributed by atoms with van der Waals surface area (Å²) in [5.41, 5.74) is 0.527. The summed E-state index contributed by atoms with van der Waals surface area (Å²) in [4.78, 5) is 12.9. The Kier molecular flexibility index (Phi) is 6.60. The van der Waals surface area contributed by atoms with Gasteiger partial charge < -0.3 is 9.84 Å². The maximum absolute atomic E-state index is 14.4. The first-order valence-corrected chi connectivity index (χ1v) is 12.0. The SMILES string of the molecule is Cc1onc(-c2c(F)cccc2Cl)c1C(=O)Nc1ccc(S(=O)(=O)Nc2cccc(Cl)c2)cc1. The molecule has 11 heteroatoms. The van der Waals surface area contributed by atoms with E-state index in [1.165, 1.54) is 55.5 Å². The molecule has 0 unspecified atom stereocenters. The molecule has 0 fully saturated rings. The number of carbonyl (C=O) groups is 1. The van der Waals surface area contributed by atoms with Crippen LogP contribution < -0.4 is 10.0 Å². The molecule has 1 heterocycles. The van der Waals surface area contributed by atoms with E-state index < -0.39 is 21.7 Å². The highest BCUT2D eigenvalue weighted by Crippen LogP contribution is 2.34. The first-order valence-electron chi connectivity index (χ1n) is 9.76. The molecule has 0 saturated heterocycles. The van der Waals surface area contributed by atoms with E-state index in [0.717, 1.165) is 0 Å². The topological polar surface area (TPSA) is 101 Å². The van der Waals surface area contributed by atoms with Crippen molar-refractivity contribution in [1.29, 1.82) is 0 Å². The van der Waals surface area contributed by atoms with Crippen molar-refractivity contribution in [2.75, 3.05) is 10.0 Å². The maximum atomic E-state index is 14.4. The number of hydrogen-bond acceptors (Lipinski definition) is 5. The van der Waals surface area contributed by atoms with E-state index >= 15 is 0 Å². The zero-order valence-corrected chi connectivity index (χ0v) is 19.8. The Morgan fingerprint density at radius 2 is 1.71 bits per heavy atom. The number of rotatable bonds is 6. The van der Waals surface area contributed by atoms with Gasteiger partial charge in [-0.1, -0.05) is 40.5 Å². The fourth-order valence-corrected chi connectivity index (χ4v) is 4.70. The second kappa shape index (κ2) is 9.46. The molecule has 0 atom stereocenters. The van der Waals surface area contributed by atoms with Crippen molar-refractivity contribution >= 4 is 50.5 Å². The van der Waals surface area contributed by atoms with Crippen LogP contribution in [0.15, 0.2) is 76.1 Å². The summed E-state index contributed by atoms with van der Waals surface area (Å²) in [5.74, 6) is -1.12. The third-order valence-electron chi connectivity index (χ3n) is 4.79. The molecular weight excluding hydrogens is 504 g/mol. The van der Waals surface area contributed by atoms with Crippen LogP contribution in [0.4, 0.5) is 15.8 Å². The van der Waals surface area contributed by atoms with Gasteiger partial charge in [0.25, 0.3) is 15.9 Å². The molecule has 0 radical (unpaired) electrons. The predicted octanol–water partition coefficient (Wildman–Crippen LogP) is 6.15. The molecule has 34 heavy (non-hydrogen) atoms. The summed E-state index contributed by atoms with van der Waals surface area (Å²) < 4.78 is 47.2. The third-order valence-corrected chi connectivity index (χ3v) is 6.74. The molecule has 7 nitrogen and oxygen atoms in total. The zero-order valence-electron chi connectivity index (χ0n) is 17.5. The summed E-state index contributed by atoms with van der Waals surface area (Å²) in [7, 11) is -3.88. The normalized spacial score (nSPS) is 11.3. The van der Waals surface area contributed by atoms with Gasteiger partial charge in [0.15, 0.2) is 0 Å². The molecule has 4 rings (SSSR count). The predicted molar refractivity (Wildman–Crippen MR) is 128 cm³/mol. The summed E-state index contributed by atoms with van der Waals surface area (Å²) in [5, 5.41) is 6.90. The van der Waals surface area contributed by atoms with Crippen LogP contribution in [0.25, 0.3) is 11.3 Å². The Bertz CT molecular complexity index is 1470. The van der Waals surface area contributed by atoms with Crippen molar-refractivity contribution in [3.63, 3.8) is 0 Å². The van der Waals surface area contributed by atoms with Gasteiger partial charge in [-0.05, 0) is 61.5 Å². The molecule has 0 aliphatic heterocycles. The zero-order chi connectivity index (χ0) is 24.5. The molecule has 0 spiro atoms. The lowest BCUT2D eigenvalue weighted by molar-refractivity contribution is 0.102. The molecule has 174 valence electrons. The van der Waals surface area contributed by atoms with Gasteiger partial charge in [-0.15, -0.1) is 0 Å². The Balaban J connectivity index is 1.56. The summed E-state index contributed by atoms with van der Waals surface area (Å²) in [6.07, 6.45) is 0. The molecule has 0 saturated carbocycles. The van der Waals surface area contributed by atoms with Gasteiger partial charge in [-0.25, -0.2) is 12.8 Å². The highest BCUT2D eigenvalue weighted by molar-refractivity contribution is 7.92. The fraction of sp³-hybridized carbons (Fsp3) is 0.0435. The van der Waals surface area contributed by atoms with Gasteiger partial charge in [-0.3, -0.25) is 9.52 Å². The van der Waals surface area contributed by atoms with Crippen molar-refractivity contribution in [2.24, 2.45) is 0 Å². The number of hydrogen-bond donors (Lipinski definition) is 2. The third kappa shape index (κ3) is 4.91. The lowest BCUT2D eigenvalue weighted by atomic mass is 10.0. The lowest BCUT2D eigenvalue weighted by Gasteiger charge is -2.10. The van der Waals surface area contributed by atoms with Gasteiger partial charge in [0.1, 0.15) is 22.8 Å². The Morgan fingerprint density at radius 3 is 2.38 bits per heavy atom. The first-order chi connectivity index (χ1) is 16.2. The molecule has 3 aromatic carbocycles. The highest BCUT2D eigenvalue weighted by atomic mass is 35.5. The monoisotopic (exact) mass is 519 g/mol. The maximum Gasteiger partial charge on any atom is 0.261 e. The van der Waals surface area contributed by atoms with E-state index in [9.17, 15) is 17.6 Å². The quantitative estimate of drug-likeness (QED) is 0.318. The number of aromatic nitrogens is 1. The molecule has 1 aromatic heterocycles. The number of carbonyl (C=O) groups excluding carboxylic acids is 1. The van der Waals surface area contributed by atoms with Crippen molar-refractivity contribution in [3.8, 4) is 11.3 Å². The number of benzene rings is 3. The van der Waals surface area contributed by atoms with Crippen molar-refractivity contribution in [1.82, 2.24) is 5.16 Å². The van der Waals surface area contributed by atoms with E-state index in [1.807, 2.05) is 0 Å². The molecule has 0 aliphatic rings. The summed E-state index contributed by atoms with van der Waals surface area (Å²) >= 11 is 12.0. The van der Waals surface area contributed by atoms with Crippen LogP contribution in [0.2, 0.25) is 10.0 Å². The second-order valence-corrected chi connectivity index (χ2v) is 9.68. The van der Waals surface area contributed by atoms with Crippen LogP contribution >= 0.6 is 23.2 Å². The molecule has 4 aromatic rings. The van der Waals surface area contributed by atoms with Crippen LogP contribution in [0.5, 0.6) is 0 Å². The van der Waals surface area contributed by atoms with Crippen LogP contribution in [0.1, 0.15) is 16.1 Å². The molecule has 1 amide bonds. The van der Waals surface area contributed by atoms with Crippen LogP contribution in [-0.2, 0) is 10.0 Å². The van der Waals surface area contributed by atoms with Crippen molar-refractivity contribution in [2.45, 2.75) is 11.8 Å². The van der Waals surface area contributed by atoms with Crippen molar-refractivity contribution < 1.29 is 22.1 Å².